The zero-order valence-corrected chi connectivity index (χ0v) is 24.6. The monoisotopic (exact) mass is 637 g/mol. The first kappa shape index (κ1) is 32.9. The Morgan fingerprint density at radius 2 is 1.91 bits per heavy atom. The molecule has 2 N–H and O–H groups in total. The molecule has 0 aliphatic carbocycles. The van der Waals surface area contributed by atoms with E-state index in [1.165, 1.54) is 24.1 Å². The number of alkyl halides is 3. The van der Waals surface area contributed by atoms with E-state index in [2.05, 4.69) is 15.6 Å². The maximum atomic E-state index is 13.8. The Bertz CT molecular complexity index is 1490. The van der Waals surface area contributed by atoms with Gasteiger partial charge in [-0.05, 0) is 35.9 Å². The number of likely N-dealkylation sites (N-methyl/N-ethyl adjacent to an activating group) is 1. The second-order valence-electron chi connectivity index (χ2n) is 10.4. The number of anilines is 1. The minimum Gasteiger partial charge on any atom is -0.447 e. The highest BCUT2D eigenvalue weighted by Crippen LogP contribution is 2.27. The van der Waals surface area contributed by atoms with Crippen LogP contribution in [0.25, 0.3) is 10.8 Å². The topological polar surface area (TPSA) is 104 Å². The summed E-state index contributed by atoms with van der Waals surface area (Å²) in [6, 6.07) is 10.5. The summed E-state index contributed by atoms with van der Waals surface area (Å²) in [5.41, 5.74) is 0.426. The number of amides is 3. The molecule has 0 radical (unpaired) electrons. The van der Waals surface area contributed by atoms with Crippen LogP contribution in [0.4, 0.5) is 28.2 Å². The molecule has 9 nitrogen and oxygen atoms in total. The van der Waals surface area contributed by atoms with Crippen molar-refractivity contribution in [1.82, 2.24) is 20.1 Å². The molecule has 1 aliphatic rings. The van der Waals surface area contributed by atoms with E-state index in [0.29, 0.717) is 5.56 Å². The maximum absolute atomic E-state index is 13.8. The number of carbonyl (C=O) groups excluding carboxylic acids is 3. The molecule has 0 saturated carbocycles. The van der Waals surface area contributed by atoms with Crippen LogP contribution in [0, 0.1) is 5.82 Å². The predicted octanol–water partition coefficient (Wildman–Crippen LogP) is 5.18. The van der Waals surface area contributed by atoms with Crippen LogP contribution in [-0.2, 0) is 20.7 Å². The van der Waals surface area contributed by atoms with Gasteiger partial charge in [0.25, 0.3) is 0 Å². The average molecular weight is 638 g/mol. The second kappa shape index (κ2) is 14.7. The van der Waals surface area contributed by atoms with E-state index in [4.69, 9.17) is 16.3 Å². The van der Waals surface area contributed by atoms with Crippen LogP contribution in [-0.4, -0.2) is 84.2 Å². The molecular weight excluding hydrogens is 606 g/mol. The van der Waals surface area contributed by atoms with Gasteiger partial charge in [0.05, 0.1) is 11.1 Å². The lowest BCUT2D eigenvalue weighted by Crippen LogP contribution is -2.59. The van der Waals surface area contributed by atoms with Crippen LogP contribution in [0.3, 0.4) is 0 Å². The zero-order valence-electron chi connectivity index (χ0n) is 23.9. The summed E-state index contributed by atoms with van der Waals surface area (Å²) in [7, 11) is 1.44. The van der Waals surface area contributed by atoms with E-state index >= 15 is 0 Å². The smallest absolute Gasteiger partial charge is 0.412 e. The molecule has 0 spiro atoms. The zero-order chi connectivity index (χ0) is 31.9. The Balaban J connectivity index is 1.42. The first-order chi connectivity index (χ1) is 20.9. The van der Waals surface area contributed by atoms with E-state index in [-0.39, 0.29) is 56.2 Å². The Kier molecular flexibility index (Phi) is 11.0. The van der Waals surface area contributed by atoms with Gasteiger partial charge in [0.2, 0.25) is 11.8 Å². The number of ether oxygens (including phenoxy) is 1. The number of hydrogen-bond acceptors (Lipinski definition) is 6. The molecule has 1 aliphatic heterocycles. The van der Waals surface area contributed by atoms with E-state index < -0.39 is 48.5 Å². The molecule has 2 aromatic carbocycles. The molecule has 4 rings (SSSR count). The molecule has 236 valence electrons. The van der Waals surface area contributed by atoms with Crippen molar-refractivity contribution in [2.45, 2.75) is 43.9 Å². The first-order valence-electron chi connectivity index (χ1n) is 14.0. The van der Waals surface area contributed by atoms with Crippen molar-refractivity contribution in [3.8, 4) is 0 Å². The van der Waals surface area contributed by atoms with Crippen LogP contribution < -0.4 is 10.6 Å². The van der Waals surface area contributed by atoms with Gasteiger partial charge in [-0.3, -0.25) is 14.9 Å². The van der Waals surface area contributed by atoms with Gasteiger partial charge in [0, 0.05) is 51.1 Å². The summed E-state index contributed by atoms with van der Waals surface area (Å²) in [5.74, 6) is -1.53. The van der Waals surface area contributed by atoms with Crippen LogP contribution in [0.2, 0.25) is 5.02 Å². The molecule has 1 aromatic heterocycles. The normalized spacial score (nSPS) is 16.0. The Morgan fingerprint density at radius 1 is 1.16 bits per heavy atom. The summed E-state index contributed by atoms with van der Waals surface area (Å²) in [4.78, 5) is 44.9. The van der Waals surface area contributed by atoms with Gasteiger partial charge in [-0.2, -0.15) is 13.2 Å². The predicted molar refractivity (Wildman–Crippen MR) is 157 cm³/mol. The van der Waals surface area contributed by atoms with Gasteiger partial charge in [-0.25, -0.2) is 14.2 Å². The summed E-state index contributed by atoms with van der Waals surface area (Å²) >= 11 is 6.01. The lowest BCUT2D eigenvalue weighted by Gasteiger charge is -2.37. The third-order valence-corrected chi connectivity index (χ3v) is 7.91. The van der Waals surface area contributed by atoms with Gasteiger partial charge in [0.15, 0.2) is 0 Å². The molecular formula is C30H32ClF4N5O4. The number of halogens is 5. The molecule has 3 amide bonds. The molecule has 0 bridgehead atoms. The molecule has 2 heterocycles. The number of rotatable bonds is 10. The molecule has 3 aromatic rings. The van der Waals surface area contributed by atoms with Crippen molar-refractivity contribution >= 4 is 46.1 Å². The number of carbonyl (C=O) groups is 3. The fourth-order valence-electron chi connectivity index (χ4n) is 4.95. The third-order valence-electron chi connectivity index (χ3n) is 7.48. The highest BCUT2D eigenvalue weighted by molar-refractivity contribution is 6.31. The van der Waals surface area contributed by atoms with Gasteiger partial charge in [-0.15, -0.1) is 0 Å². The van der Waals surface area contributed by atoms with E-state index in [1.54, 1.807) is 18.3 Å². The number of pyridine rings is 1. The molecule has 2 atom stereocenters. The average Bonchev–Trinajstić information content (AvgIpc) is 3.00. The maximum Gasteiger partial charge on any atom is 0.412 e. The van der Waals surface area contributed by atoms with Gasteiger partial charge < -0.3 is 19.9 Å². The van der Waals surface area contributed by atoms with Crippen molar-refractivity contribution in [2.24, 2.45) is 0 Å². The molecule has 1 fully saturated rings. The number of aryl methyl sites for hydroxylation is 1. The van der Waals surface area contributed by atoms with Crippen molar-refractivity contribution in [3.63, 3.8) is 0 Å². The third kappa shape index (κ3) is 8.56. The number of benzene rings is 2. The molecule has 1 saturated heterocycles. The molecule has 14 heteroatoms. The largest absolute Gasteiger partial charge is 0.447 e. The SMILES string of the molecule is CN(C(=O)CCc1cccc(F)c1Cl)[C@@H](CCC(=O)N1CCNC[C@H]1C(F)(F)F)COC(=O)Nc1cc2ccccc2cn1. The number of nitrogens with zero attached hydrogens (tertiary/aromatic N) is 3. The fraction of sp³-hybridized carbons (Fsp3) is 0.400. The minimum atomic E-state index is -4.61. The van der Waals surface area contributed by atoms with Crippen LogP contribution in [0.1, 0.15) is 24.8 Å². The summed E-state index contributed by atoms with van der Waals surface area (Å²) in [6.45, 7) is -0.658. The lowest BCUT2D eigenvalue weighted by atomic mass is 10.1. The van der Waals surface area contributed by atoms with Gasteiger partial charge >= 0.3 is 12.3 Å². The first-order valence-corrected chi connectivity index (χ1v) is 14.4. The second-order valence-corrected chi connectivity index (χ2v) is 10.8. The van der Waals surface area contributed by atoms with Crippen molar-refractivity contribution in [2.75, 3.05) is 38.6 Å². The molecule has 44 heavy (non-hydrogen) atoms. The number of aromatic nitrogens is 1. The van der Waals surface area contributed by atoms with E-state index in [9.17, 15) is 31.9 Å². The molecule has 0 unspecified atom stereocenters. The van der Waals surface area contributed by atoms with Crippen molar-refractivity contribution in [1.29, 1.82) is 0 Å². The number of fused-ring (bicyclic) bond motifs is 1. The quantitative estimate of drug-likeness (QED) is 0.297. The van der Waals surface area contributed by atoms with Crippen molar-refractivity contribution < 1.29 is 36.7 Å². The number of piperazine rings is 1. The van der Waals surface area contributed by atoms with Gasteiger partial charge in [0.1, 0.15) is 24.3 Å². The van der Waals surface area contributed by atoms with Crippen LogP contribution >= 0.6 is 11.6 Å². The summed E-state index contributed by atoms with van der Waals surface area (Å²) in [5, 5.41) is 6.78. The number of nitrogens with one attached hydrogen (secondary N) is 2. The van der Waals surface area contributed by atoms with E-state index in [1.807, 2.05) is 24.3 Å². The Morgan fingerprint density at radius 3 is 2.66 bits per heavy atom. The van der Waals surface area contributed by atoms with E-state index in [0.717, 1.165) is 15.7 Å². The highest BCUT2D eigenvalue weighted by Gasteiger charge is 2.46. The minimum absolute atomic E-state index is 0.0716. The Labute approximate surface area is 256 Å². The lowest BCUT2D eigenvalue weighted by molar-refractivity contribution is -0.192. The number of hydrogen-bond donors (Lipinski definition) is 2. The summed E-state index contributed by atoms with van der Waals surface area (Å²) < 4.78 is 59.9. The van der Waals surface area contributed by atoms with Gasteiger partial charge in [-0.1, -0.05) is 48.0 Å². The summed E-state index contributed by atoms with van der Waals surface area (Å²) in [6.07, 6.45) is -4.23. The van der Waals surface area contributed by atoms with Crippen LogP contribution in [0.15, 0.2) is 54.7 Å². The van der Waals surface area contributed by atoms with Crippen LogP contribution in [0.5, 0.6) is 0 Å². The van der Waals surface area contributed by atoms with Crippen molar-refractivity contribution in [3.05, 3.63) is 71.1 Å². The fourth-order valence-corrected chi connectivity index (χ4v) is 5.17. The standard InChI is InChI=1S/C30H32ClF4N5O4/c1-39(26(41)11-9-19-7-4-8-23(32)28(19)31)22(10-12-27(42)40-14-13-36-17-24(40)30(33,34)35)18-44-29(43)38-25-15-20-5-2-3-6-21(20)16-37-25/h2-8,15-16,22,24,36H,9-14,17-18H2,1H3,(H,37,38,43)/t22-,24-/m0/s1. The Hall–Kier alpha value is -3.97. The highest BCUT2D eigenvalue weighted by atomic mass is 35.5.